The van der Waals surface area contributed by atoms with Gasteiger partial charge >= 0.3 is 0 Å². The summed E-state index contributed by atoms with van der Waals surface area (Å²) in [5.74, 6) is 0.302. The highest BCUT2D eigenvalue weighted by atomic mass is 16.5. The zero-order valence-corrected chi connectivity index (χ0v) is 11.0. The molecule has 1 aromatic carbocycles. The van der Waals surface area contributed by atoms with Crippen LogP contribution < -0.4 is 4.90 Å². The molecule has 1 saturated heterocycles. The van der Waals surface area contributed by atoms with Crippen molar-refractivity contribution in [2.24, 2.45) is 5.92 Å². The Bertz CT molecular complexity index is 532. The maximum atomic E-state index is 12.3. The number of ketones is 1. The van der Waals surface area contributed by atoms with Gasteiger partial charge in [0.25, 0.3) is 0 Å². The van der Waals surface area contributed by atoms with Crippen molar-refractivity contribution in [3.05, 3.63) is 29.3 Å². The fourth-order valence-corrected chi connectivity index (χ4v) is 2.79. The standard InChI is InChI=1S/C15H17NO3/c1-16-13-4-2-11(8-10(13)3-5-14(16)17)15(18)12-6-7-19-9-12/h2,4,8,12H,3,5-7,9H2,1H3. The van der Waals surface area contributed by atoms with Gasteiger partial charge in [-0.2, -0.15) is 0 Å². The fourth-order valence-electron chi connectivity index (χ4n) is 2.79. The van der Waals surface area contributed by atoms with E-state index in [1.165, 1.54) is 0 Å². The molecule has 1 amide bonds. The highest BCUT2D eigenvalue weighted by Gasteiger charge is 2.26. The van der Waals surface area contributed by atoms with Crippen LogP contribution in [0.4, 0.5) is 5.69 Å². The zero-order valence-electron chi connectivity index (χ0n) is 11.0. The predicted molar refractivity (Wildman–Crippen MR) is 71.4 cm³/mol. The van der Waals surface area contributed by atoms with Crippen molar-refractivity contribution in [1.29, 1.82) is 0 Å². The Morgan fingerprint density at radius 2 is 2.21 bits per heavy atom. The van der Waals surface area contributed by atoms with E-state index in [2.05, 4.69) is 0 Å². The Balaban J connectivity index is 1.89. The van der Waals surface area contributed by atoms with E-state index in [1.54, 1.807) is 11.9 Å². The average molecular weight is 259 g/mol. The lowest BCUT2D eigenvalue weighted by Crippen LogP contribution is -2.31. The molecule has 2 heterocycles. The lowest BCUT2D eigenvalue weighted by molar-refractivity contribution is -0.118. The lowest BCUT2D eigenvalue weighted by atomic mass is 9.93. The molecule has 2 aliphatic rings. The van der Waals surface area contributed by atoms with Crippen LogP contribution in [0.15, 0.2) is 18.2 Å². The van der Waals surface area contributed by atoms with Gasteiger partial charge in [0.15, 0.2) is 5.78 Å². The summed E-state index contributed by atoms with van der Waals surface area (Å²) < 4.78 is 5.27. The second-order valence-electron chi connectivity index (χ2n) is 5.22. The third-order valence-corrected chi connectivity index (χ3v) is 4.01. The summed E-state index contributed by atoms with van der Waals surface area (Å²) in [5.41, 5.74) is 2.76. The SMILES string of the molecule is CN1C(=O)CCc2cc(C(=O)C3CCOC3)ccc21. The Hall–Kier alpha value is -1.68. The van der Waals surface area contributed by atoms with E-state index >= 15 is 0 Å². The van der Waals surface area contributed by atoms with Crippen LogP contribution in [0.2, 0.25) is 0 Å². The maximum Gasteiger partial charge on any atom is 0.227 e. The molecule has 1 fully saturated rings. The van der Waals surface area contributed by atoms with Gasteiger partial charge in [-0.05, 0) is 36.6 Å². The quantitative estimate of drug-likeness (QED) is 0.761. The van der Waals surface area contributed by atoms with Crippen LogP contribution in [0, 0.1) is 5.92 Å². The molecule has 0 spiro atoms. The van der Waals surface area contributed by atoms with Gasteiger partial charge in [-0.1, -0.05) is 0 Å². The van der Waals surface area contributed by atoms with Crippen LogP contribution >= 0.6 is 0 Å². The van der Waals surface area contributed by atoms with Gasteiger partial charge in [-0.3, -0.25) is 9.59 Å². The molecule has 1 atom stereocenters. The van der Waals surface area contributed by atoms with Gasteiger partial charge in [0.1, 0.15) is 0 Å². The summed E-state index contributed by atoms with van der Waals surface area (Å²) in [7, 11) is 1.78. The van der Waals surface area contributed by atoms with Crippen molar-refractivity contribution in [1.82, 2.24) is 0 Å². The number of aryl methyl sites for hydroxylation is 1. The topological polar surface area (TPSA) is 46.6 Å². The van der Waals surface area contributed by atoms with Crippen LogP contribution in [0.25, 0.3) is 0 Å². The number of Topliss-reactive ketones (excluding diaryl/α,β-unsaturated/α-hetero) is 1. The first-order valence-corrected chi connectivity index (χ1v) is 6.68. The third-order valence-electron chi connectivity index (χ3n) is 4.01. The summed E-state index contributed by atoms with van der Waals surface area (Å²) >= 11 is 0. The summed E-state index contributed by atoms with van der Waals surface area (Å²) in [6.07, 6.45) is 2.06. The number of anilines is 1. The molecule has 0 N–H and O–H groups in total. The van der Waals surface area contributed by atoms with Crippen molar-refractivity contribution in [2.45, 2.75) is 19.3 Å². The van der Waals surface area contributed by atoms with Gasteiger partial charge in [-0.25, -0.2) is 0 Å². The maximum absolute atomic E-state index is 12.3. The van der Waals surface area contributed by atoms with Crippen LogP contribution in [-0.2, 0) is 16.0 Å². The van der Waals surface area contributed by atoms with E-state index in [0.717, 1.165) is 29.7 Å². The number of ether oxygens (including phenoxy) is 1. The van der Waals surface area contributed by atoms with Crippen molar-refractivity contribution in [3.63, 3.8) is 0 Å². The molecule has 4 nitrogen and oxygen atoms in total. The van der Waals surface area contributed by atoms with E-state index in [9.17, 15) is 9.59 Å². The molecule has 0 radical (unpaired) electrons. The van der Waals surface area contributed by atoms with Gasteiger partial charge in [-0.15, -0.1) is 0 Å². The molecule has 19 heavy (non-hydrogen) atoms. The second-order valence-corrected chi connectivity index (χ2v) is 5.22. The molecule has 1 unspecified atom stereocenters. The number of rotatable bonds is 2. The van der Waals surface area contributed by atoms with Gasteiger partial charge < -0.3 is 9.64 Å². The molecule has 100 valence electrons. The number of carbonyl (C=O) groups is 2. The molecule has 4 heteroatoms. The summed E-state index contributed by atoms with van der Waals surface area (Å²) in [4.78, 5) is 25.6. The molecule has 2 aliphatic heterocycles. The number of nitrogens with zero attached hydrogens (tertiary/aromatic N) is 1. The Kier molecular flexibility index (Phi) is 3.11. The van der Waals surface area contributed by atoms with E-state index in [0.29, 0.717) is 19.6 Å². The second kappa shape index (κ2) is 4.78. The Morgan fingerprint density at radius 3 is 2.95 bits per heavy atom. The first-order chi connectivity index (χ1) is 9.16. The highest BCUT2D eigenvalue weighted by Crippen LogP contribution is 2.29. The lowest BCUT2D eigenvalue weighted by Gasteiger charge is -2.26. The molecule has 1 aromatic rings. The molecule has 0 aromatic heterocycles. The monoisotopic (exact) mass is 259 g/mol. The van der Waals surface area contributed by atoms with E-state index in [-0.39, 0.29) is 17.6 Å². The Morgan fingerprint density at radius 1 is 1.37 bits per heavy atom. The molecule has 3 rings (SSSR count). The van der Waals surface area contributed by atoms with Gasteiger partial charge in [0, 0.05) is 37.2 Å². The van der Waals surface area contributed by atoms with Crippen LogP contribution in [0.3, 0.4) is 0 Å². The third kappa shape index (κ3) is 2.16. The van der Waals surface area contributed by atoms with Crippen molar-refractivity contribution in [2.75, 3.05) is 25.2 Å². The largest absolute Gasteiger partial charge is 0.381 e. The van der Waals surface area contributed by atoms with Crippen molar-refractivity contribution < 1.29 is 14.3 Å². The average Bonchev–Trinajstić information content (AvgIpc) is 2.96. The molecule has 0 bridgehead atoms. The number of fused-ring (bicyclic) bond motifs is 1. The van der Waals surface area contributed by atoms with Crippen LogP contribution in [0.1, 0.15) is 28.8 Å². The predicted octanol–water partition coefficient (Wildman–Crippen LogP) is 1.81. The fraction of sp³-hybridized carbons (Fsp3) is 0.467. The smallest absolute Gasteiger partial charge is 0.227 e. The minimum atomic E-state index is 0.000928. The molecule has 0 saturated carbocycles. The number of benzene rings is 1. The van der Waals surface area contributed by atoms with E-state index in [1.807, 2.05) is 18.2 Å². The van der Waals surface area contributed by atoms with Crippen LogP contribution in [-0.4, -0.2) is 32.0 Å². The van der Waals surface area contributed by atoms with E-state index < -0.39 is 0 Å². The number of carbonyl (C=O) groups excluding carboxylic acids is 2. The molecular formula is C15H17NO3. The number of hydrogen-bond acceptors (Lipinski definition) is 3. The summed E-state index contributed by atoms with van der Waals surface area (Å²) in [6, 6.07) is 5.66. The van der Waals surface area contributed by atoms with Crippen LogP contribution in [0.5, 0.6) is 0 Å². The first-order valence-electron chi connectivity index (χ1n) is 6.68. The number of amides is 1. The minimum Gasteiger partial charge on any atom is -0.381 e. The highest BCUT2D eigenvalue weighted by molar-refractivity contribution is 6.00. The molecule has 0 aliphatic carbocycles. The van der Waals surface area contributed by atoms with E-state index in [4.69, 9.17) is 4.74 Å². The summed E-state index contributed by atoms with van der Waals surface area (Å²) in [5, 5.41) is 0. The molecular weight excluding hydrogens is 242 g/mol. The van der Waals surface area contributed by atoms with Crippen molar-refractivity contribution >= 4 is 17.4 Å². The van der Waals surface area contributed by atoms with Gasteiger partial charge in [0.2, 0.25) is 5.91 Å². The minimum absolute atomic E-state index is 0.000928. The first kappa shape index (κ1) is 12.4. The summed E-state index contributed by atoms with van der Waals surface area (Å²) in [6.45, 7) is 1.22. The number of hydrogen-bond donors (Lipinski definition) is 0. The zero-order chi connectivity index (χ0) is 13.4. The van der Waals surface area contributed by atoms with Gasteiger partial charge in [0.05, 0.1) is 6.61 Å². The van der Waals surface area contributed by atoms with Crippen molar-refractivity contribution in [3.8, 4) is 0 Å². The normalized spacial score (nSPS) is 22.5. The Labute approximate surface area is 112 Å².